The zero-order valence-electron chi connectivity index (χ0n) is 8.74. The van der Waals surface area contributed by atoms with Gasteiger partial charge >= 0.3 is 0 Å². The molecule has 0 atom stereocenters. The van der Waals surface area contributed by atoms with Crippen LogP contribution in [0.1, 0.15) is 12.0 Å². The molecule has 0 bridgehead atoms. The van der Waals surface area contributed by atoms with Crippen molar-refractivity contribution in [3.05, 3.63) is 52.3 Å². The summed E-state index contributed by atoms with van der Waals surface area (Å²) >= 11 is 5.60. The second kappa shape index (κ2) is 4.99. The minimum Gasteiger partial charge on any atom is -0.360 e. The maximum absolute atomic E-state index is 11.6. The highest BCUT2D eigenvalue weighted by molar-refractivity contribution is 6.17. The minimum atomic E-state index is 0.0429. The highest BCUT2D eigenvalue weighted by atomic mass is 35.5. The number of pyridine rings is 1. The predicted octanol–water partition coefficient (Wildman–Crippen LogP) is 3.17. The summed E-state index contributed by atoms with van der Waals surface area (Å²) in [6, 6.07) is 7.22. The van der Waals surface area contributed by atoms with E-state index in [9.17, 15) is 4.79 Å². The first-order valence-corrected chi connectivity index (χ1v) is 5.69. The van der Waals surface area contributed by atoms with Gasteiger partial charge in [0.05, 0.1) is 5.52 Å². The Morgan fingerprint density at radius 3 is 3.00 bits per heavy atom. The summed E-state index contributed by atoms with van der Waals surface area (Å²) in [4.78, 5) is 14.7. The molecule has 0 spiro atoms. The smallest absolute Gasteiger partial charge is 0.189 e. The number of benzene rings is 1. The number of H-pyrrole nitrogens is 1. The summed E-state index contributed by atoms with van der Waals surface area (Å²) in [6.45, 7) is 0. The van der Waals surface area contributed by atoms with Gasteiger partial charge in [-0.25, -0.2) is 0 Å². The quantitative estimate of drug-likeness (QED) is 0.812. The van der Waals surface area contributed by atoms with Gasteiger partial charge in [-0.3, -0.25) is 4.79 Å². The van der Waals surface area contributed by atoms with Gasteiger partial charge in [0, 0.05) is 23.5 Å². The van der Waals surface area contributed by atoms with Crippen molar-refractivity contribution >= 4 is 28.6 Å². The molecule has 1 aromatic carbocycles. The molecule has 16 heavy (non-hydrogen) atoms. The SMILES string of the molecule is O=c1cc[nH]c2c(C=CCCCl)cccc12. The largest absolute Gasteiger partial charge is 0.360 e. The standard InChI is InChI=1S/C13H12ClNO/c14-8-2-1-4-10-5-3-6-11-12(16)7-9-15-13(10)11/h1,3-7,9H,2,8H2,(H,15,16). The molecular formula is C13H12ClNO. The number of allylic oxidation sites excluding steroid dienone is 1. The van der Waals surface area contributed by atoms with Crippen LogP contribution in [-0.4, -0.2) is 10.9 Å². The minimum absolute atomic E-state index is 0.0429. The number of halogens is 1. The Hall–Kier alpha value is -1.54. The number of aromatic amines is 1. The van der Waals surface area contributed by atoms with Gasteiger partial charge in [0.25, 0.3) is 0 Å². The van der Waals surface area contributed by atoms with Gasteiger partial charge in [0.15, 0.2) is 5.43 Å². The fourth-order valence-corrected chi connectivity index (χ4v) is 1.77. The molecule has 2 rings (SSSR count). The van der Waals surface area contributed by atoms with Crippen molar-refractivity contribution in [1.29, 1.82) is 0 Å². The third kappa shape index (κ3) is 2.17. The van der Waals surface area contributed by atoms with Gasteiger partial charge in [0.2, 0.25) is 0 Å². The van der Waals surface area contributed by atoms with Crippen LogP contribution in [0.25, 0.3) is 17.0 Å². The lowest BCUT2D eigenvalue weighted by Crippen LogP contribution is -2.00. The predicted molar refractivity (Wildman–Crippen MR) is 68.9 cm³/mol. The zero-order valence-corrected chi connectivity index (χ0v) is 9.50. The Balaban J connectivity index is 2.54. The van der Waals surface area contributed by atoms with E-state index in [1.54, 1.807) is 6.20 Å². The average Bonchev–Trinajstić information content (AvgIpc) is 2.31. The van der Waals surface area contributed by atoms with Crippen LogP contribution in [0.15, 0.2) is 41.3 Å². The summed E-state index contributed by atoms with van der Waals surface area (Å²) in [5.74, 6) is 0.609. The molecule has 2 nitrogen and oxygen atoms in total. The normalized spacial score (nSPS) is 11.3. The lowest BCUT2D eigenvalue weighted by molar-refractivity contribution is 1.24. The van der Waals surface area contributed by atoms with E-state index in [4.69, 9.17) is 11.6 Å². The molecule has 0 aliphatic rings. The molecule has 0 saturated carbocycles. The number of hydrogen-bond donors (Lipinski definition) is 1. The summed E-state index contributed by atoms with van der Waals surface area (Å²) in [7, 11) is 0. The molecule has 3 heteroatoms. The molecule has 0 aliphatic heterocycles. The van der Waals surface area contributed by atoms with Crippen LogP contribution >= 0.6 is 11.6 Å². The van der Waals surface area contributed by atoms with Gasteiger partial charge in [-0.1, -0.05) is 24.3 Å². The highest BCUT2D eigenvalue weighted by Crippen LogP contribution is 2.14. The number of fused-ring (bicyclic) bond motifs is 1. The number of hydrogen-bond acceptors (Lipinski definition) is 1. The molecule has 0 aliphatic carbocycles. The Bertz CT molecular complexity index is 571. The second-order valence-corrected chi connectivity index (χ2v) is 3.87. The van der Waals surface area contributed by atoms with Crippen molar-refractivity contribution in [2.24, 2.45) is 0 Å². The molecule has 1 heterocycles. The fourth-order valence-electron chi connectivity index (χ4n) is 1.64. The Morgan fingerprint density at radius 1 is 1.31 bits per heavy atom. The number of nitrogens with one attached hydrogen (secondary N) is 1. The topological polar surface area (TPSA) is 32.9 Å². The summed E-state index contributed by atoms with van der Waals surface area (Å²) in [5, 5.41) is 0.718. The molecule has 82 valence electrons. The zero-order chi connectivity index (χ0) is 11.4. The number of aromatic nitrogens is 1. The number of para-hydroxylation sites is 1. The average molecular weight is 234 g/mol. The lowest BCUT2D eigenvalue weighted by atomic mass is 10.1. The van der Waals surface area contributed by atoms with Crippen molar-refractivity contribution < 1.29 is 0 Å². The van der Waals surface area contributed by atoms with E-state index in [0.717, 1.165) is 22.9 Å². The molecule has 0 amide bonds. The van der Waals surface area contributed by atoms with Gasteiger partial charge in [-0.2, -0.15) is 0 Å². The van der Waals surface area contributed by atoms with Gasteiger partial charge < -0.3 is 4.98 Å². The second-order valence-electron chi connectivity index (χ2n) is 3.49. The monoisotopic (exact) mass is 233 g/mol. The van der Waals surface area contributed by atoms with Crippen LogP contribution in [0.2, 0.25) is 0 Å². The molecule has 0 unspecified atom stereocenters. The third-order valence-electron chi connectivity index (χ3n) is 2.40. The molecule has 0 radical (unpaired) electrons. The first-order chi connectivity index (χ1) is 7.83. The van der Waals surface area contributed by atoms with Crippen molar-refractivity contribution in [2.45, 2.75) is 6.42 Å². The van der Waals surface area contributed by atoms with E-state index >= 15 is 0 Å². The van der Waals surface area contributed by atoms with Crippen molar-refractivity contribution in [3.8, 4) is 0 Å². The first-order valence-electron chi connectivity index (χ1n) is 5.16. The Labute approximate surface area is 98.6 Å². The van der Waals surface area contributed by atoms with Crippen LogP contribution in [0.4, 0.5) is 0 Å². The Kier molecular flexibility index (Phi) is 3.42. The molecule has 0 saturated heterocycles. The van der Waals surface area contributed by atoms with Gasteiger partial charge in [-0.15, -0.1) is 11.6 Å². The van der Waals surface area contributed by atoms with E-state index in [0.29, 0.717) is 5.88 Å². The molecule has 2 aromatic rings. The van der Waals surface area contributed by atoms with Crippen molar-refractivity contribution in [3.63, 3.8) is 0 Å². The number of rotatable bonds is 3. The Morgan fingerprint density at radius 2 is 2.19 bits per heavy atom. The molecule has 0 fully saturated rings. The summed E-state index contributed by atoms with van der Waals surface area (Å²) < 4.78 is 0. The maximum atomic E-state index is 11.6. The lowest BCUT2D eigenvalue weighted by Gasteiger charge is -2.00. The van der Waals surface area contributed by atoms with Crippen LogP contribution in [0.3, 0.4) is 0 Å². The van der Waals surface area contributed by atoms with Gasteiger partial charge in [0.1, 0.15) is 0 Å². The molecule has 1 aromatic heterocycles. The number of alkyl halides is 1. The van der Waals surface area contributed by atoms with E-state index < -0.39 is 0 Å². The molecular weight excluding hydrogens is 222 g/mol. The summed E-state index contributed by atoms with van der Waals surface area (Å²) in [5.41, 5.74) is 1.93. The van der Waals surface area contributed by atoms with E-state index in [2.05, 4.69) is 4.98 Å². The molecule has 1 N–H and O–H groups in total. The van der Waals surface area contributed by atoms with Crippen molar-refractivity contribution in [2.75, 3.05) is 5.88 Å². The van der Waals surface area contributed by atoms with Crippen LogP contribution in [0.5, 0.6) is 0 Å². The highest BCUT2D eigenvalue weighted by Gasteiger charge is 2.00. The third-order valence-corrected chi connectivity index (χ3v) is 2.62. The van der Waals surface area contributed by atoms with E-state index in [1.807, 2.05) is 30.4 Å². The van der Waals surface area contributed by atoms with Crippen molar-refractivity contribution in [1.82, 2.24) is 4.98 Å². The van der Waals surface area contributed by atoms with E-state index in [1.165, 1.54) is 6.07 Å². The maximum Gasteiger partial charge on any atom is 0.189 e. The first kappa shape index (κ1) is 11.0. The summed E-state index contributed by atoms with van der Waals surface area (Å²) in [6.07, 6.45) is 6.49. The van der Waals surface area contributed by atoms with Crippen LogP contribution in [-0.2, 0) is 0 Å². The van der Waals surface area contributed by atoms with Gasteiger partial charge in [-0.05, 0) is 18.1 Å². The van der Waals surface area contributed by atoms with Crippen LogP contribution in [0, 0.1) is 0 Å². The fraction of sp³-hybridized carbons (Fsp3) is 0.154. The van der Waals surface area contributed by atoms with E-state index in [-0.39, 0.29) is 5.43 Å². The van der Waals surface area contributed by atoms with Crippen LogP contribution < -0.4 is 5.43 Å².